The van der Waals surface area contributed by atoms with Crippen LogP contribution < -0.4 is 10.5 Å². The highest BCUT2D eigenvalue weighted by molar-refractivity contribution is 5.94. The molecule has 0 saturated heterocycles. The number of rotatable bonds is 3. The molecule has 1 rings (SSSR count). The minimum atomic E-state index is -0.397. The molecule has 0 aliphatic rings. The Morgan fingerprint density at radius 2 is 1.87 bits per heavy atom. The fourth-order valence-electron chi connectivity index (χ4n) is 1.44. The van der Waals surface area contributed by atoms with Crippen LogP contribution in [0.5, 0.6) is 5.75 Å². The van der Waals surface area contributed by atoms with Crippen LogP contribution >= 0.6 is 0 Å². The molecule has 0 bridgehead atoms. The van der Waals surface area contributed by atoms with Gasteiger partial charge in [0.15, 0.2) is 0 Å². The molecule has 3 nitrogen and oxygen atoms in total. The van der Waals surface area contributed by atoms with Crippen LogP contribution in [0.1, 0.15) is 35.3 Å². The summed E-state index contributed by atoms with van der Waals surface area (Å²) in [7, 11) is 0. The van der Waals surface area contributed by atoms with Crippen molar-refractivity contribution in [2.24, 2.45) is 5.73 Å². The first-order chi connectivity index (χ1) is 6.93. The second-order valence-corrected chi connectivity index (χ2v) is 3.89. The zero-order chi connectivity index (χ0) is 11.6. The normalized spacial score (nSPS) is 10.5. The molecule has 0 fully saturated rings. The van der Waals surface area contributed by atoms with Crippen molar-refractivity contribution in [1.29, 1.82) is 0 Å². The first-order valence-electron chi connectivity index (χ1n) is 5.00. The minimum Gasteiger partial charge on any atom is -0.491 e. The van der Waals surface area contributed by atoms with E-state index in [4.69, 9.17) is 10.5 Å². The molecule has 0 heterocycles. The molecule has 2 N–H and O–H groups in total. The smallest absolute Gasteiger partial charge is 0.248 e. The zero-order valence-corrected chi connectivity index (χ0v) is 9.63. The van der Waals surface area contributed by atoms with E-state index in [1.165, 1.54) is 0 Å². The van der Waals surface area contributed by atoms with Crippen molar-refractivity contribution in [3.63, 3.8) is 0 Å². The standard InChI is InChI=1S/C12H17NO2/c1-7(2)15-11-6-5-10(12(13)14)8(3)9(11)4/h5-7H,1-4H3,(H2,13,14). The number of hydrogen-bond acceptors (Lipinski definition) is 2. The van der Waals surface area contributed by atoms with Gasteiger partial charge in [0.25, 0.3) is 0 Å². The molecule has 1 amide bonds. The van der Waals surface area contributed by atoms with E-state index in [0.29, 0.717) is 5.56 Å². The van der Waals surface area contributed by atoms with Crippen molar-refractivity contribution in [2.45, 2.75) is 33.8 Å². The van der Waals surface area contributed by atoms with Gasteiger partial charge >= 0.3 is 0 Å². The van der Waals surface area contributed by atoms with Gasteiger partial charge in [-0.05, 0) is 51.0 Å². The topological polar surface area (TPSA) is 52.3 Å². The second-order valence-electron chi connectivity index (χ2n) is 3.89. The van der Waals surface area contributed by atoms with Crippen molar-refractivity contribution in [3.05, 3.63) is 28.8 Å². The maximum absolute atomic E-state index is 11.1. The van der Waals surface area contributed by atoms with Gasteiger partial charge in [-0.2, -0.15) is 0 Å². The van der Waals surface area contributed by atoms with E-state index in [9.17, 15) is 4.79 Å². The van der Waals surface area contributed by atoms with Crippen LogP contribution in [0, 0.1) is 13.8 Å². The fraction of sp³-hybridized carbons (Fsp3) is 0.417. The summed E-state index contributed by atoms with van der Waals surface area (Å²) < 4.78 is 5.61. The fourth-order valence-corrected chi connectivity index (χ4v) is 1.44. The number of amides is 1. The average molecular weight is 207 g/mol. The third-order valence-corrected chi connectivity index (χ3v) is 2.37. The van der Waals surface area contributed by atoms with Crippen LogP contribution in [0.15, 0.2) is 12.1 Å². The second kappa shape index (κ2) is 4.34. The molecule has 1 aromatic rings. The Morgan fingerprint density at radius 3 is 2.33 bits per heavy atom. The van der Waals surface area contributed by atoms with E-state index in [0.717, 1.165) is 16.9 Å². The van der Waals surface area contributed by atoms with E-state index >= 15 is 0 Å². The largest absolute Gasteiger partial charge is 0.491 e. The molecule has 0 saturated carbocycles. The zero-order valence-electron chi connectivity index (χ0n) is 9.63. The molecule has 0 aliphatic carbocycles. The van der Waals surface area contributed by atoms with Gasteiger partial charge in [-0.15, -0.1) is 0 Å². The molecule has 0 aromatic heterocycles. The molecule has 0 unspecified atom stereocenters. The van der Waals surface area contributed by atoms with E-state index in [1.807, 2.05) is 27.7 Å². The van der Waals surface area contributed by atoms with Crippen LogP contribution in [-0.2, 0) is 0 Å². The molecule has 15 heavy (non-hydrogen) atoms. The summed E-state index contributed by atoms with van der Waals surface area (Å²) in [4.78, 5) is 11.1. The molecular formula is C12H17NO2. The average Bonchev–Trinajstić information content (AvgIpc) is 2.12. The molecule has 1 aromatic carbocycles. The number of primary amides is 1. The molecule has 0 atom stereocenters. The highest BCUT2D eigenvalue weighted by Gasteiger charge is 2.11. The van der Waals surface area contributed by atoms with Crippen molar-refractivity contribution in [1.82, 2.24) is 0 Å². The summed E-state index contributed by atoms with van der Waals surface area (Å²) in [5.41, 5.74) is 7.68. The van der Waals surface area contributed by atoms with Crippen LogP contribution in [0.2, 0.25) is 0 Å². The van der Waals surface area contributed by atoms with Gasteiger partial charge in [-0.3, -0.25) is 4.79 Å². The first kappa shape index (κ1) is 11.6. The van der Waals surface area contributed by atoms with Crippen LogP contribution in [0.25, 0.3) is 0 Å². The Morgan fingerprint density at radius 1 is 1.27 bits per heavy atom. The summed E-state index contributed by atoms with van der Waals surface area (Å²) in [5, 5.41) is 0. The van der Waals surface area contributed by atoms with Gasteiger partial charge < -0.3 is 10.5 Å². The van der Waals surface area contributed by atoms with Gasteiger partial charge in [0.2, 0.25) is 5.91 Å². The van der Waals surface area contributed by atoms with Crippen molar-refractivity contribution < 1.29 is 9.53 Å². The van der Waals surface area contributed by atoms with Gasteiger partial charge in [-0.25, -0.2) is 0 Å². The summed E-state index contributed by atoms with van der Waals surface area (Å²) in [6.07, 6.45) is 0.127. The summed E-state index contributed by atoms with van der Waals surface area (Å²) in [5.74, 6) is 0.416. The molecule has 82 valence electrons. The van der Waals surface area contributed by atoms with Gasteiger partial charge in [0.1, 0.15) is 5.75 Å². The molecule has 0 aliphatic heterocycles. The summed E-state index contributed by atoms with van der Waals surface area (Å²) >= 11 is 0. The maximum Gasteiger partial charge on any atom is 0.248 e. The van der Waals surface area contributed by atoms with Crippen molar-refractivity contribution >= 4 is 5.91 Å². The molecule has 0 spiro atoms. The lowest BCUT2D eigenvalue weighted by atomic mass is 10.0. The monoisotopic (exact) mass is 207 g/mol. The van der Waals surface area contributed by atoms with Gasteiger partial charge in [0.05, 0.1) is 6.10 Å². The van der Waals surface area contributed by atoms with E-state index in [-0.39, 0.29) is 6.10 Å². The van der Waals surface area contributed by atoms with Crippen LogP contribution in [-0.4, -0.2) is 12.0 Å². The molecule has 0 radical (unpaired) electrons. The highest BCUT2D eigenvalue weighted by atomic mass is 16.5. The summed E-state index contributed by atoms with van der Waals surface area (Å²) in [6, 6.07) is 3.50. The SMILES string of the molecule is Cc1c(OC(C)C)ccc(C(N)=O)c1C. The highest BCUT2D eigenvalue weighted by Crippen LogP contribution is 2.24. The Hall–Kier alpha value is -1.51. The number of carbonyl (C=O) groups excluding carboxylic acids is 1. The number of ether oxygens (including phenoxy) is 1. The lowest BCUT2D eigenvalue weighted by molar-refractivity contribution is 0.0999. The van der Waals surface area contributed by atoms with E-state index < -0.39 is 5.91 Å². The van der Waals surface area contributed by atoms with E-state index in [2.05, 4.69) is 0 Å². The number of hydrogen-bond donors (Lipinski definition) is 1. The van der Waals surface area contributed by atoms with Crippen LogP contribution in [0.4, 0.5) is 0 Å². The number of carbonyl (C=O) groups is 1. The van der Waals surface area contributed by atoms with Crippen molar-refractivity contribution in [3.8, 4) is 5.75 Å². The van der Waals surface area contributed by atoms with Crippen molar-refractivity contribution in [2.75, 3.05) is 0 Å². The minimum absolute atomic E-state index is 0.127. The third-order valence-electron chi connectivity index (χ3n) is 2.37. The predicted molar refractivity (Wildman–Crippen MR) is 60.2 cm³/mol. The lowest BCUT2D eigenvalue weighted by Gasteiger charge is -2.15. The molecular weight excluding hydrogens is 190 g/mol. The van der Waals surface area contributed by atoms with Crippen LogP contribution in [0.3, 0.4) is 0 Å². The first-order valence-corrected chi connectivity index (χ1v) is 5.00. The van der Waals surface area contributed by atoms with Gasteiger partial charge in [-0.1, -0.05) is 0 Å². The Kier molecular flexibility index (Phi) is 3.35. The number of nitrogens with two attached hydrogens (primary N) is 1. The van der Waals surface area contributed by atoms with E-state index in [1.54, 1.807) is 12.1 Å². The third kappa shape index (κ3) is 2.49. The maximum atomic E-state index is 11.1. The Bertz CT molecular complexity index is 383. The molecule has 3 heteroatoms. The lowest BCUT2D eigenvalue weighted by Crippen LogP contribution is -2.14. The Labute approximate surface area is 90.2 Å². The Balaban J connectivity index is 3.15. The quantitative estimate of drug-likeness (QED) is 0.826. The summed E-state index contributed by atoms with van der Waals surface area (Å²) in [6.45, 7) is 7.75. The predicted octanol–water partition coefficient (Wildman–Crippen LogP) is 2.19. The number of benzene rings is 1. The van der Waals surface area contributed by atoms with Gasteiger partial charge in [0, 0.05) is 5.56 Å².